The number of esters is 2. The number of ether oxygens (including phenoxy) is 2. The number of carbonyl (C=O) groups excluding carboxylic acids is 2. The van der Waals surface area contributed by atoms with Gasteiger partial charge < -0.3 is 18.6 Å². The molecular formula is C24H34N2O4S4. The molecule has 0 N–H and O–H groups in total. The van der Waals surface area contributed by atoms with Crippen LogP contribution in [0, 0.1) is 21.8 Å². The van der Waals surface area contributed by atoms with Gasteiger partial charge >= 0.3 is 11.9 Å². The Morgan fingerprint density at radius 1 is 0.647 bits per heavy atom. The molecule has 0 saturated heterocycles. The summed E-state index contributed by atoms with van der Waals surface area (Å²) >= 11 is 14.3. The third-order valence-corrected chi connectivity index (χ3v) is 9.41. The van der Waals surface area contributed by atoms with Crippen LogP contribution in [0.25, 0.3) is 0 Å². The molecule has 1 aliphatic heterocycles. The third kappa shape index (κ3) is 7.83. The maximum absolute atomic E-state index is 12.1. The van der Waals surface area contributed by atoms with Gasteiger partial charge in [-0.2, -0.15) is 0 Å². The molecule has 4 bridgehead atoms. The molecule has 0 spiro atoms. The number of cyclic esters (lactones) is 2. The number of carbonyl (C=O) groups is 2. The van der Waals surface area contributed by atoms with Crippen molar-refractivity contribution in [2.45, 2.75) is 91.1 Å². The quantitative estimate of drug-likeness (QED) is 0.280. The van der Waals surface area contributed by atoms with Gasteiger partial charge in [-0.25, -0.2) is 0 Å². The van der Waals surface area contributed by atoms with Crippen LogP contribution in [-0.2, 0) is 45.0 Å². The Balaban J connectivity index is 1.60. The third-order valence-electron chi connectivity index (χ3n) is 6.19. The predicted octanol–water partition coefficient (Wildman–Crippen LogP) is 6.49. The highest BCUT2D eigenvalue weighted by Gasteiger charge is 2.13. The Hall–Kier alpha value is -1.36. The monoisotopic (exact) mass is 542 g/mol. The normalized spacial score (nSPS) is 18.1. The highest BCUT2D eigenvalue weighted by atomic mass is 32.2. The first-order valence-electron chi connectivity index (χ1n) is 12.1. The van der Waals surface area contributed by atoms with Crippen LogP contribution in [0.4, 0.5) is 0 Å². The zero-order valence-corrected chi connectivity index (χ0v) is 23.3. The average Bonchev–Trinajstić information content (AvgIpc) is 3.22. The molecular weight excluding hydrogens is 509 g/mol. The van der Waals surface area contributed by atoms with Gasteiger partial charge in [0.15, 0.2) is 7.91 Å². The number of hydrogen-bond donors (Lipinski definition) is 0. The number of rotatable bonds is 0. The number of aromatic nitrogens is 2. The maximum atomic E-state index is 12.1. The number of fused-ring (bicyclic) bond motifs is 4. The van der Waals surface area contributed by atoms with Crippen LogP contribution in [0.2, 0.25) is 0 Å². The second kappa shape index (κ2) is 13.7. The highest BCUT2D eigenvalue weighted by molar-refractivity contribution is 7.73. The van der Waals surface area contributed by atoms with Crippen molar-refractivity contribution in [3.8, 4) is 0 Å². The van der Waals surface area contributed by atoms with Gasteiger partial charge in [-0.15, -0.1) is 22.7 Å². The number of hydrogen-bond acceptors (Lipinski definition) is 8. The lowest BCUT2D eigenvalue weighted by Gasteiger charge is -2.09. The van der Waals surface area contributed by atoms with Gasteiger partial charge in [-0.05, 0) is 64.0 Å². The fraction of sp³-hybridized carbons (Fsp3) is 0.667. The molecule has 0 atom stereocenters. The van der Waals surface area contributed by atoms with Crippen molar-refractivity contribution in [2.75, 3.05) is 13.2 Å². The molecule has 2 aromatic heterocycles. The molecule has 0 aromatic carbocycles. The molecule has 3 rings (SSSR count). The summed E-state index contributed by atoms with van der Waals surface area (Å²) in [5, 5.41) is 0. The summed E-state index contributed by atoms with van der Waals surface area (Å²) in [5.41, 5.74) is 2.31. The van der Waals surface area contributed by atoms with E-state index in [1.54, 1.807) is 22.7 Å². The molecule has 10 heteroatoms. The first kappa shape index (κ1) is 27.2. The summed E-state index contributed by atoms with van der Waals surface area (Å²) in [4.78, 5) is 26.6. The molecule has 0 unspecified atom stereocenters. The van der Waals surface area contributed by atoms with Gasteiger partial charge in [-0.3, -0.25) is 9.59 Å². The van der Waals surface area contributed by atoms with E-state index >= 15 is 0 Å². The zero-order chi connectivity index (χ0) is 24.5. The number of nitrogens with zero attached hydrogens (tertiary/aromatic N) is 2. The van der Waals surface area contributed by atoms with Crippen LogP contribution in [0.5, 0.6) is 0 Å². The minimum atomic E-state index is -0.129. The Labute approximate surface area is 219 Å². The Morgan fingerprint density at radius 3 is 1.47 bits per heavy atom. The first-order valence-corrected chi connectivity index (χ1v) is 14.5. The van der Waals surface area contributed by atoms with Gasteiger partial charge in [0.25, 0.3) is 0 Å². The molecule has 0 amide bonds. The molecule has 0 saturated carbocycles. The maximum Gasteiger partial charge on any atom is 0.305 e. The van der Waals surface area contributed by atoms with E-state index in [-0.39, 0.29) is 11.9 Å². The Morgan fingerprint density at radius 2 is 1.06 bits per heavy atom. The van der Waals surface area contributed by atoms with Crippen LogP contribution < -0.4 is 0 Å². The topological polar surface area (TPSA) is 62.5 Å². The van der Waals surface area contributed by atoms with E-state index in [1.165, 1.54) is 9.75 Å². The fourth-order valence-electron chi connectivity index (χ4n) is 4.12. The predicted molar refractivity (Wildman–Crippen MR) is 142 cm³/mol. The van der Waals surface area contributed by atoms with E-state index in [0.717, 1.165) is 70.9 Å². The van der Waals surface area contributed by atoms with E-state index in [2.05, 4.69) is 23.0 Å². The van der Waals surface area contributed by atoms with E-state index in [4.69, 9.17) is 33.9 Å². The molecule has 0 radical (unpaired) electrons. The molecule has 6 nitrogen and oxygen atoms in total. The van der Waals surface area contributed by atoms with Crippen LogP contribution in [0.1, 0.15) is 72.5 Å². The van der Waals surface area contributed by atoms with Crippen LogP contribution in [0.15, 0.2) is 0 Å². The minimum absolute atomic E-state index is 0.129. The van der Waals surface area contributed by atoms with Gasteiger partial charge in [0, 0.05) is 59.9 Å². The van der Waals surface area contributed by atoms with Crippen LogP contribution in [-0.4, -0.2) is 34.3 Å². The van der Waals surface area contributed by atoms with Crippen molar-refractivity contribution in [3.05, 3.63) is 29.1 Å². The summed E-state index contributed by atoms with van der Waals surface area (Å²) in [5.74, 6) is -0.259. The minimum Gasteiger partial charge on any atom is -0.465 e. The standard InChI is InChI=1S/C24H34N2O4S4/c1-17-19-11-15-29-21(27)10-6-4-8-14-26-18(2)20(34-24(26)32)12-16-30-22(28)9-5-3-7-13-25(17)23(31)33-19/h3-16H2,1-2H3. The lowest BCUT2D eigenvalue weighted by atomic mass is 10.2. The molecule has 2 aromatic rings. The zero-order valence-electron chi connectivity index (χ0n) is 20.1. The average molecular weight is 543 g/mol. The van der Waals surface area contributed by atoms with Crippen molar-refractivity contribution >= 4 is 59.0 Å². The smallest absolute Gasteiger partial charge is 0.305 e. The SMILES string of the molecule is Cc1c2sc(=S)n1CCCCCC(=O)OCCc1sc(=S)n(c1C)CCCCCC(=O)OCC2. The largest absolute Gasteiger partial charge is 0.465 e. The Bertz CT molecular complexity index is 1010. The summed E-state index contributed by atoms with van der Waals surface area (Å²) in [6, 6.07) is 0. The lowest BCUT2D eigenvalue weighted by molar-refractivity contribution is -0.144. The van der Waals surface area contributed by atoms with Crippen molar-refractivity contribution in [1.82, 2.24) is 9.13 Å². The van der Waals surface area contributed by atoms with Crippen molar-refractivity contribution in [1.29, 1.82) is 0 Å². The van der Waals surface area contributed by atoms with Gasteiger partial charge in [0.1, 0.15) is 0 Å². The molecule has 0 fully saturated rings. The molecule has 1 aliphatic rings. The van der Waals surface area contributed by atoms with Crippen LogP contribution >= 0.6 is 47.1 Å². The van der Waals surface area contributed by atoms with Crippen molar-refractivity contribution in [3.63, 3.8) is 0 Å². The highest BCUT2D eigenvalue weighted by Crippen LogP contribution is 2.22. The molecule has 188 valence electrons. The van der Waals surface area contributed by atoms with Gasteiger partial charge in [0.05, 0.1) is 13.2 Å². The molecule has 34 heavy (non-hydrogen) atoms. The fourth-order valence-corrected chi connectivity index (χ4v) is 7.16. The van der Waals surface area contributed by atoms with Gasteiger partial charge in [0.2, 0.25) is 0 Å². The Kier molecular flexibility index (Phi) is 10.9. The van der Waals surface area contributed by atoms with E-state index in [0.29, 0.717) is 38.9 Å². The van der Waals surface area contributed by atoms with Crippen molar-refractivity contribution in [2.24, 2.45) is 0 Å². The first-order chi connectivity index (χ1) is 16.4. The second-order valence-corrected chi connectivity index (χ2v) is 12.1. The number of thiazole rings is 2. The van der Waals surface area contributed by atoms with E-state index < -0.39 is 0 Å². The van der Waals surface area contributed by atoms with Gasteiger partial charge in [-0.1, -0.05) is 12.8 Å². The summed E-state index contributed by atoms with van der Waals surface area (Å²) < 4.78 is 17.0. The molecule has 0 aliphatic carbocycles. The summed E-state index contributed by atoms with van der Waals surface area (Å²) in [6.45, 7) is 6.63. The summed E-state index contributed by atoms with van der Waals surface area (Å²) in [6.07, 6.45) is 7.73. The van der Waals surface area contributed by atoms with Crippen LogP contribution in [0.3, 0.4) is 0 Å². The van der Waals surface area contributed by atoms with Crippen molar-refractivity contribution < 1.29 is 19.1 Å². The summed E-state index contributed by atoms with van der Waals surface area (Å²) in [7, 11) is 0. The lowest BCUT2D eigenvalue weighted by Crippen LogP contribution is -2.09. The second-order valence-electron chi connectivity index (χ2n) is 8.62. The van der Waals surface area contributed by atoms with E-state index in [9.17, 15) is 9.59 Å². The molecule has 3 heterocycles. The van der Waals surface area contributed by atoms with E-state index in [1.807, 2.05) is 0 Å².